The Labute approximate surface area is 212 Å². The Balaban J connectivity index is 1.15. The highest BCUT2D eigenvalue weighted by atomic mass is 16.6. The molecule has 0 N–H and O–H groups in total. The Kier molecular flexibility index (Phi) is 6.00. The number of rotatable bonds is 5. The van der Waals surface area contributed by atoms with Gasteiger partial charge in [0.15, 0.2) is 5.78 Å². The third-order valence-electron chi connectivity index (χ3n) is 8.27. The summed E-state index contributed by atoms with van der Waals surface area (Å²) in [4.78, 5) is 28.6. The molecule has 5 heteroatoms. The molecule has 2 saturated heterocycles. The second-order valence-electron chi connectivity index (χ2n) is 10.2. The number of benzene rings is 3. The maximum Gasteiger partial charge on any atom is 0.410 e. The lowest BCUT2D eigenvalue weighted by atomic mass is 9.76. The highest BCUT2D eigenvalue weighted by molar-refractivity contribution is 5.98. The fourth-order valence-electron chi connectivity index (χ4n) is 6.55. The van der Waals surface area contributed by atoms with E-state index in [1.807, 2.05) is 29.2 Å². The number of ether oxygens (including phenoxy) is 2. The lowest BCUT2D eigenvalue weighted by Crippen LogP contribution is -2.55. The molecule has 0 saturated carbocycles. The van der Waals surface area contributed by atoms with Crippen LogP contribution in [0.3, 0.4) is 0 Å². The van der Waals surface area contributed by atoms with Crippen molar-refractivity contribution in [1.82, 2.24) is 4.90 Å². The monoisotopic (exact) mass is 481 g/mol. The summed E-state index contributed by atoms with van der Waals surface area (Å²) in [5, 5.41) is 0. The van der Waals surface area contributed by atoms with Gasteiger partial charge in [-0.15, -0.1) is 0 Å². The van der Waals surface area contributed by atoms with E-state index in [4.69, 9.17) is 9.47 Å². The minimum Gasteiger partial charge on any atom is -0.497 e. The van der Waals surface area contributed by atoms with Crippen LogP contribution >= 0.6 is 0 Å². The van der Waals surface area contributed by atoms with Crippen molar-refractivity contribution >= 4 is 11.9 Å². The van der Waals surface area contributed by atoms with E-state index in [-0.39, 0.29) is 35.8 Å². The molecule has 2 bridgehead atoms. The van der Waals surface area contributed by atoms with Crippen LogP contribution in [0.15, 0.2) is 72.8 Å². The Morgan fingerprint density at radius 2 is 1.42 bits per heavy atom. The number of hydrogen-bond donors (Lipinski definition) is 0. The third kappa shape index (κ3) is 3.97. The van der Waals surface area contributed by atoms with E-state index in [1.54, 1.807) is 7.11 Å². The second-order valence-corrected chi connectivity index (χ2v) is 10.2. The summed E-state index contributed by atoms with van der Waals surface area (Å²) >= 11 is 0. The Morgan fingerprint density at radius 1 is 0.833 bits per heavy atom. The van der Waals surface area contributed by atoms with Crippen LogP contribution in [0.4, 0.5) is 4.79 Å². The van der Waals surface area contributed by atoms with Gasteiger partial charge in [-0.2, -0.15) is 0 Å². The number of methoxy groups -OCH3 is 1. The molecule has 1 aliphatic carbocycles. The van der Waals surface area contributed by atoms with Gasteiger partial charge >= 0.3 is 6.09 Å². The van der Waals surface area contributed by atoms with Crippen molar-refractivity contribution in [2.75, 3.05) is 13.7 Å². The summed E-state index contributed by atoms with van der Waals surface area (Å²) in [5.74, 6) is 0.900. The summed E-state index contributed by atoms with van der Waals surface area (Å²) in [7, 11) is 1.62. The Bertz CT molecular complexity index is 1220. The third-order valence-corrected chi connectivity index (χ3v) is 8.27. The molecule has 184 valence electrons. The molecule has 2 aliphatic heterocycles. The van der Waals surface area contributed by atoms with Gasteiger partial charge in [0.05, 0.1) is 7.11 Å². The van der Waals surface area contributed by atoms with E-state index >= 15 is 0 Å². The number of Topliss-reactive ketones (excluding diaryl/α,β-unsaturated/α-hetero) is 1. The summed E-state index contributed by atoms with van der Waals surface area (Å²) in [6.07, 6.45) is 4.10. The highest BCUT2D eigenvalue weighted by Gasteiger charge is 2.44. The van der Waals surface area contributed by atoms with Crippen LogP contribution in [0.1, 0.15) is 59.5 Å². The predicted molar refractivity (Wildman–Crippen MR) is 138 cm³/mol. The topological polar surface area (TPSA) is 55.8 Å². The number of fused-ring (bicyclic) bond motifs is 5. The molecule has 2 unspecified atom stereocenters. The molecular formula is C31H31NO4. The van der Waals surface area contributed by atoms with Crippen LogP contribution in [0, 0.1) is 5.92 Å². The average molecular weight is 482 g/mol. The summed E-state index contributed by atoms with van der Waals surface area (Å²) < 4.78 is 11.2. The first-order chi connectivity index (χ1) is 17.6. The summed E-state index contributed by atoms with van der Waals surface area (Å²) in [6.45, 7) is 0.330. The average Bonchev–Trinajstić information content (AvgIpc) is 3.24. The van der Waals surface area contributed by atoms with Gasteiger partial charge in [0.2, 0.25) is 0 Å². The van der Waals surface area contributed by atoms with E-state index < -0.39 is 0 Å². The fourth-order valence-corrected chi connectivity index (χ4v) is 6.55. The van der Waals surface area contributed by atoms with Crippen LogP contribution < -0.4 is 4.74 Å². The molecule has 3 aliphatic rings. The zero-order valence-electron chi connectivity index (χ0n) is 20.6. The van der Waals surface area contributed by atoms with Gasteiger partial charge in [0.1, 0.15) is 12.4 Å². The largest absolute Gasteiger partial charge is 0.497 e. The summed E-state index contributed by atoms with van der Waals surface area (Å²) in [5.41, 5.74) is 5.60. The smallest absolute Gasteiger partial charge is 0.410 e. The van der Waals surface area contributed by atoms with Crippen LogP contribution in [0.2, 0.25) is 0 Å². The molecule has 6 rings (SSSR count). The fraction of sp³-hybridized carbons (Fsp3) is 0.355. The minimum absolute atomic E-state index is 0.0513. The maximum absolute atomic E-state index is 13.4. The van der Waals surface area contributed by atoms with Gasteiger partial charge in [-0.05, 0) is 78.6 Å². The summed E-state index contributed by atoms with van der Waals surface area (Å²) in [6, 6.07) is 24.2. The van der Waals surface area contributed by atoms with Crippen LogP contribution in [-0.4, -0.2) is 42.6 Å². The van der Waals surface area contributed by atoms with Crippen molar-refractivity contribution in [2.45, 2.75) is 50.1 Å². The van der Waals surface area contributed by atoms with Crippen molar-refractivity contribution < 1.29 is 19.1 Å². The van der Waals surface area contributed by atoms with Crippen molar-refractivity contribution in [2.24, 2.45) is 5.92 Å². The second kappa shape index (κ2) is 9.45. The van der Waals surface area contributed by atoms with Crippen LogP contribution in [0.5, 0.6) is 5.75 Å². The van der Waals surface area contributed by atoms with Crippen LogP contribution in [-0.2, 0) is 4.74 Å². The number of nitrogens with zero attached hydrogens (tertiary/aromatic N) is 1. The van der Waals surface area contributed by atoms with Gasteiger partial charge in [0.25, 0.3) is 0 Å². The first-order valence-electron chi connectivity index (χ1n) is 13.0. The van der Waals surface area contributed by atoms with Crippen LogP contribution in [0.25, 0.3) is 11.1 Å². The number of carbonyl (C=O) groups is 2. The standard InChI is InChI=1S/C31H31NO4/c1-35-24-15-13-20(14-16-24)30(33)21-17-22-7-6-8-23(18-21)32(22)31(34)36-19-29-27-11-4-2-9-25(27)26-10-3-5-12-28(26)29/h2-5,9-16,21-23,29H,6-8,17-19H2,1H3. The zero-order chi connectivity index (χ0) is 24.6. The molecule has 0 radical (unpaired) electrons. The number of ketones is 1. The molecule has 36 heavy (non-hydrogen) atoms. The Morgan fingerprint density at radius 3 is 2.00 bits per heavy atom. The van der Waals surface area contributed by atoms with Gasteiger partial charge in [0, 0.05) is 29.5 Å². The Hall–Kier alpha value is -3.60. The molecule has 3 aromatic rings. The SMILES string of the molecule is COc1ccc(C(=O)C2CC3CCCC(C2)N3C(=O)OCC2c3ccccc3-c3ccccc32)cc1. The van der Waals surface area contributed by atoms with Gasteiger partial charge in [-0.25, -0.2) is 4.79 Å². The first-order valence-corrected chi connectivity index (χ1v) is 13.0. The molecule has 2 heterocycles. The number of hydrogen-bond acceptors (Lipinski definition) is 4. The van der Waals surface area contributed by atoms with Gasteiger partial charge in [-0.3, -0.25) is 4.79 Å². The predicted octanol–water partition coefficient (Wildman–Crippen LogP) is 6.46. The molecular weight excluding hydrogens is 450 g/mol. The van der Waals surface area contributed by atoms with Crippen molar-refractivity contribution in [3.63, 3.8) is 0 Å². The lowest BCUT2D eigenvalue weighted by Gasteiger charge is -2.47. The zero-order valence-corrected chi connectivity index (χ0v) is 20.6. The quantitative estimate of drug-likeness (QED) is 0.393. The van der Waals surface area contributed by atoms with Gasteiger partial charge in [-0.1, -0.05) is 48.5 Å². The normalized spacial score (nSPS) is 22.5. The van der Waals surface area contributed by atoms with E-state index in [0.717, 1.165) is 25.0 Å². The van der Waals surface area contributed by atoms with Crippen molar-refractivity contribution in [1.29, 1.82) is 0 Å². The molecule has 0 aromatic heterocycles. The van der Waals surface area contributed by atoms with E-state index in [0.29, 0.717) is 25.0 Å². The maximum atomic E-state index is 13.4. The molecule has 2 fully saturated rings. The molecule has 2 atom stereocenters. The number of carbonyl (C=O) groups excluding carboxylic acids is 2. The number of piperidine rings is 2. The van der Waals surface area contributed by atoms with Crippen molar-refractivity contribution in [3.8, 4) is 16.9 Å². The van der Waals surface area contributed by atoms with E-state index in [9.17, 15) is 9.59 Å². The molecule has 5 nitrogen and oxygen atoms in total. The molecule has 1 amide bonds. The highest BCUT2D eigenvalue weighted by Crippen LogP contribution is 2.45. The minimum atomic E-state index is -0.234. The lowest BCUT2D eigenvalue weighted by molar-refractivity contribution is 0.00651. The molecule has 3 aromatic carbocycles. The first kappa shape index (κ1) is 22.8. The number of amides is 1. The van der Waals surface area contributed by atoms with Gasteiger partial charge < -0.3 is 14.4 Å². The van der Waals surface area contributed by atoms with Crippen molar-refractivity contribution in [3.05, 3.63) is 89.5 Å². The molecule has 0 spiro atoms. The van der Waals surface area contributed by atoms with E-state index in [1.165, 1.54) is 22.3 Å². The van der Waals surface area contributed by atoms with E-state index in [2.05, 4.69) is 48.5 Å².